The molecule has 0 saturated carbocycles. The summed E-state index contributed by atoms with van der Waals surface area (Å²) in [5.74, 6) is 0.155. The van der Waals surface area contributed by atoms with Gasteiger partial charge < -0.3 is 5.32 Å². The zero-order valence-corrected chi connectivity index (χ0v) is 12.9. The van der Waals surface area contributed by atoms with Crippen molar-refractivity contribution in [3.63, 3.8) is 0 Å². The third kappa shape index (κ3) is 3.83. The smallest absolute Gasteiger partial charge is 0.339 e. The number of anilines is 2. The van der Waals surface area contributed by atoms with Gasteiger partial charge in [0.15, 0.2) is 0 Å². The van der Waals surface area contributed by atoms with Crippen molar-refractivity contribution in [1.82, 2.24) is 19.7 Å². The zero-order valence-electron chi connectivity index (χ0n) is 12.1. The number of pyridine rings is 1. The van der Waals surface area contributed by atoms with Crippen LogP contribution in [0.25, 0.3) is 0 Å². The molecule has 0 unspecified atom stereocenters. The Hall–Kier alpha value is -2.61. The lowest BCUT2D eigenvalue weighted by atomic mass is 10.2. The normalized spacial score (nSPS) is 11.5. The van der Waals surface area contributed by atoms with E-state index in [2.05, 4.69) is 20.4 Å². The van der Waals surface area contributed by atoms with Crippen LogP contribution in [0.4, 0.5) is 24.7 Å². The Bertz CT molecular complexity index is 833. The Labute approximate surface area is 140 Å². The summed E-state index contributed by atoms with van der Waals surface area (Å²) >= 11 is 5.89. The summed E-state index contributed by atoms with van der Waals surface area (Å²) in [6.07, 6.45) is -0.706. The molecular weight excluding hydrogens is 343 g/mol. The first-order valence-corrected chi connectivity index (χ1v) is 7.21. The number of halogens is 4. The average molecular weight is 354 g/mol. The predicted molar refractivity (Wildman–Crippen MR) is 83.1 cm³/mol. The minimum absolute atomic E-state index is 0.105. The van der Waals surface area contributed by atoms with Crippen molar-refractivity contribution in [2.75, 3.05) is 5.32 Å². The molecule has 0 aliphatic rings. The Morgan fingerprint density at radius 3 is 2.71 bits per heavy atom. The molecule has 0 fully saturated rings. The molecule has 3 rings (SSSR count). The maximum absolute atomic E-state index is 12.6. The lowest BCUT2D eigenvalue weighted by molar-refractivity contribution is -0.137. The van der Waals surface area contributed by atoms with Gasteiger partial charge in [0.25, 0.3) is 0 Å². The van der Waals surface area contributed by atoms with Crippen LogP contribution in [0.1, 0.15) is 11.1 Å². The fourth-order valence-corrected chi connectivity index (χ4v) is 2.28. The maximum atomic E-state index is 12.6. The molecule has 0 aliphatic carbocycles. The van der Waals surface area contributed by atoms with Gasteiger partial charge in [0, 0.05) is 11.9 Å². The van der Waals surface area contributed by atoms with Gasteiger partial charge >= 0.3 is 6.18 Å². The van der Waals surface area contributed by atoms with Crippen molar-refractivity contribution in [1.29, 1.82) is 0 Å². The Balaban J connectivity index is 1.79. The molecular formula is C15H11ClF3N5. The van der Waals surface area contributed by atoms with Gasteiger partial charge in [-0.15, -0.1) is 0 Å². The molecule has 0 aliphatic heterocycles. The third-order valence-corrected chi connectivity index (χ3v) is 3.46. The molecule has 2 heterocycles. The summed E-state index contributed by atoms with van der Waals surface area (Å²) in [6.45, 7) is 0.518. The number of nitrogens with zero attached hydrogens (tertiary/aromatic N) is 4. The summed E-state index contributed by atoms with van der Waals surface area (Å²) in [4.78, 5) is 7.62. The number of rotatable bonds is 4. The van der Waals surface area contributed by atoms with E-state index in [1.807, 2.05) is 18.2 Å². The molecule has 0 spiro atoms. The minimum atomic E-state index is -4.48. The van der Waals surface area contributed by atoms with Crippen molar-refractivity contribution in [3.05, 3.63) is 65.3 Å². The van der Waals surface area contributed by atoms with Crippen LogP contribution in [0.3, 0.4) is 0 Å². The van der Waals surface area contributed by atoms with Gasteiger partial charge in [0.05, 0.1) is 17.1 Å². The molecule has 0 bridgehead atoms. The number of alkyl halides is 3. The molecule has 1 N–H and O–H groups in total. The van der Waals surface area contributed by atoms with Crippen LogP contribution < -0.4 is 5.32 Å². The Morgan fingerprint density at radius 2 is 2.04 bits per heavy atom. The van der Waals surface area contributed by atoms with Crippen molar-refractivity contribution in [3.8, 4) is 0 Å². The van der Waals surface area contributed by atoms with E-state index in [4.69, 9.17) is 11.6 Å². The van der Waals surface area contributed by atoms with Crippen molar-refractivity contribution in [2.24, 2.45) is 0 Å². The SMILES string of the molecule is FC(F)(F)c1cnc(Nc2cccc(Cn3cncn3)c2)c(Cl)c1. The standard InChI is InChI=1S/C15H11ClF3N5/c16-13-5-11(15(17,18)19)6-21-14(13)23-12-3-1-2-10(4-12)7-24-9-20-8-22-24/h1-6,8-9H,7H2,(H,21,23). The largest absolute Gasteiger partial charge is 0.417 e. The molecule has 124 valence electrons. The first-order valence-electron chi connectivity index (χ1n) is 6.83. The molecule has 0 saturated heterocycles. The van der Waals surface area contributed by atoms with Gasteiger partial charge in [-0.1, -0.05) is 23.7 Å². The topological polar surface area (TPSA) is 55.6 Å². The first kappa shape index (κ1) is 16.3. The highest BCUT2D eigenvalue weighted by atomic mass is 35.5. The predicted octanol–water partition coefficient (Wildman–Crippen LogP) is 4.14. The first-order chi connectivity index (χ1) is 11.4. The highest BCUT2D eigenvalue weighted by Crippen LogP contribution is 2.33. The minimum Gasteiger partial charge on any atom is -0.339 e. The highest BCUT2D eigenvalue weighted by Gasteiger charge is 2.31. The van der Waals surface area contributed by atoms with Crippen LogP contribution in [0.2, 0.25) is 5.02 Å². The lowest BCUT2D eigenvalue weighted by Crippen LogP contribution is -2.06. The van der Waals surface area contributed by atoms with Gasteiger partial charge in [-0.05, 0) is 23.8 Å². The summed E-state index contributed by atoms with van der Waals surface area (Å²) < 4.78 is 39.5. The van der Waals surface area contributed by atoms with Gasteiger partial charge in [-0.3, -0.25) is 0 Å². The van der Waals surface area contributed by atoms with Crippen LogP contribution in [-0.2, 0) is 12.7 Å². The van der Waals surface area contributed by atoms with E-state index in [9.17, 15) is 13.2 Å². The monoisotopic (exact) mass is 353 g/mol. The van der Waals surface area contributed by atoms with Crippen LogP contribution >= 0.6 is 11.6 Å². The summed E-state index contributed by atoms with van der Waals surface area (Å²) in [5.41, 5.74) is 0.702. The van der Waals surface area contributed by atoms with Gasteiger partial charge in [-0.25, -0.2) is 14.6 Å². The molecule has 9 heteroatoms. The number of benzene rings is 1. The van der Waals surface area contributed by atoms with Crippen LogP contribution in [0.5, 0.6) is 0 Å². The summed E-state index contributed by atoms with van der Waals surface area (Å²) in [6, 6.07) is 8.15. The van der Waals surface area contributed by atoms with Gasteiger partial charge in [-0.2, -0.15) is 18.3 Å². The molecule has 0 atom stereocenters. The van der Waals surface area contributed by atoms with Crippen LogP contribution in [0, 0.1) is 0 Å². The quantitative estimate of drug-likeness (QED) is 0.766. The Kier molecular flexibility index (Phi) is 4.39. The van der Waals surface area contributed by atoms with Crippen molar-refractivity contribution in [2.45, 2.75) is 12.7 Å². The Morgan fingerprint density at radius 1 is 1.21 bits per heavy atom. The number of nitrogens with one attached hydrogen (secondary N) is 1. The molecule has 1 aromatic carbocycles. The fourth-order valence-electron chi connectivity index (χ4n) is 2.07. The second kappa shape index (κ2) is 6.48. The van der Waals surface area contributed by atoms with Crippen LogP contribution in [0.15, 0.2) is 49.2 Å². The molecule has 3 aromatic rings. The number of hydrogen-bond acceptors (Lipinski definition) is 4. The molecule has 0 radical (unpaired) electrons. The molecule has 24 heavy (non-hydrogen) atoms. The fraction of sp³-hybridized carbons (Fsp3) is 0.133. The van der Waals surface area contributed by atoms with Gasteiger partial charge in [0.1, 0.15) is 18.5 Å². The van der Waals surface area contributed by atoms with Crippen molar-refractivity contribution >= 4 is 23.1 Å². The summed E-state index contributed by atoms with van der Waals surface area (Å²) in [7, 11) is 0. The van der Waals surface area contributed by atoms with E-state index in [0.717, 1.165) is 17.8 Å². The van der Waals surface area contributed by atoms with E-state index in [1.54, 1.807) is 17.1 Å². The van der Waals surface area contributed by atoms with E-state index < -0.39 is 11.7 Å². The molecule has 5 nitrogen and oxygen atoms in total. The van der Waals surface area contributed by atoms with E-state index >= 15 is 0 Å². The summed E-state index contributed by atoms with van der Waals surface area (Å²) in [5, 5.41) is 6.83. The van der Waals surface area contributed by atoms with E-state index in [1.165, 1.54) is 6.33 Å². The third-order valence-electron chi connectivity index (χ3n) is 3.17. The second-order valence-electron chi connectivity index (χ2n) is 4.97. The van der Waals surface area contributed by atoms with E-state index in [-0.39, 0.29) is 10.8 Å². The van der Waals surface area contributed by atoms with E-state index in [0.29, 0.717) is 12.2 Å². The highest BCUT2D eigenvalue weighted by molar-refractivity contribution is 6.33. The maximum Gasteiger partial charge on any atom is 0.417 e. The average Bonchev–Trinajstić information content (AvgIpc) is 3.01. The second-order valence-corrected chi connectivity index (χ2v) is 5.38. The molecule has 0 amide bonds. The molecule has 2 aromatic heterocycles. The number of hydrogen-bond donors (Lipinski definition) is 1. The van der Waals surface area contributed by atoms with Gasteiger partial charge in [0.2, 0.25) is 0 Å². The van der Waals surface area contributed by atoms with Crippen molar-refractivity contribution < 1.29 is 13.2 Å². The number of aromatic nitrogens is 4. The van der Waals surface area contributed by atoms with Crippen LogP contribution in [-0.4, -0.2) is 19.7 Å². The lowest BCUT2D eigenvalue weighted by Gasteiger charge is -2.11. The zero-order chi connectivity index (χ0) is 17.2.